The predicted octanol–water partition coefficient (Wildman–Crippen LogP) is 2.91. The number of guanidine groups is 1. The maximum absolute atomic E-state index is 14.1. The highest BCUT2D eigenvalue weighted by atomic mass is 19.1. The number of furan rings is 1. The minimum Gasteiger partial charge on any atom is -0.466 e. The Hall–Kier alpha value is -2.34. The molecule has 1 heterocycles. The van der Waals surface area contributed by atoms with Gasteiger partial charge < -0.3 is 20.2 Å². The Kier molecular flexibility index (Phi) is 5.32. The summed E-state index contributed by atoms with van der Waals surface area (Å²) in [6.07, 6.45) is 3.43. The van der Waals surface area contributed by atoms with Gasteiger partial charge in [-0.15, -0.1) is 0 Å². The number of halogens is 1. The van der Waals surface area contributed by atoms with E-state index in [1.165, 1.54) is 12.3 Å². The van der Waals surface area contributed by atoms with Gasteiger partial charge in [0.05, 0.1) is 12.8 Å². The van der Waals surface area contributed by atoms with Crippen LogP contribution in [0.1, 0.15) is 38.0 Å². The number of hydrogen-bond acceptors (Lipinski definition) is 3. The van der Waals surface area contributed by atoms with Crippen LogP contribution in [0.25, 0.3) is 0 Å². The number of nitrogens with one attached hydrogen (secondary N) is 2. The van der Waals surface area contributed by atoms with Gasteiger partial charge in [-0.2, -0.15) is 0 Å². The van der Waals surface area contributed by atoms with E-state index in [0.29, 0.717) is 24.8 Å². The molecule has 3 rings (SSSR count). The van der Waals surface area contributed by atoms with Crippen molar-refractivity contribution >= 4 is 5.96 Å². The molecule has 0 aliphatic heterocycles. The molecule has 1 aliphatic carbocycles. The van der Waals surface area contributed by atoms with Crippen molar-refractivity contribution < 1.29 is 13.9 Å². The van der Waals surface area contributed by atoms with Crippen LogP contribution in [0, 0.1) is 5.82 Å². The summed E-state index contributed by atoms with van der Waals surface area (Å²) >= 11 is 0. The zero-order valence-corrected chi connectivity index (χ0v) is 15.3. The Bertz CT molecular complexity index is 752. The fourth-order valence-corrected chi connectivity index (χ4v) is 3.07. The van der Waals surface area contributed by atoms with Gasteiger partial charge in [0.2, 0.25) is 0 Å². The quantitative estimate of drug-likeness (QED) is 0.525. The summed E-state index contributed by atoms with van der Waals surface area (Å²) in [5.41, 5.74) is -0.606. The molecule has 1 aromatic heterocycles. The molecule has 1 saturated carbocycles. The van der Waals surface area contributed by atoms with Gasteiger partial charge in [0, 0.05) is 18.5 Å². The van der Waals surface area contributed by atoms with Gasteiger partial charge in [0.15, 0.2) is 5.96 Å². The number of aliphatic hydroxyl groups is 1. The van der Waals surface area contributed by atoms with E-state index in [2.05, 4.69) is 15.6 Å². The first-order valence-corrected chi connectivity index (χ1v) is 9.00. The molecule has 1 fully saturated rings. The first-order chi connectivity index (χ1) is 12.5. The van der Waals surface area contributed by atoms with Gasteiger partial charge in [0.25, 0.3) is 0 Å². The van der Waals surface area contributed by atoms with Crippen molar-refractivity contribution in [2.45, 2.75) is 37.7 Å². The topological polar surface area (TPSA) is 69.8 Å². The number of hydrogen-bond donors (Lipinski definition) is 3. The molecule has 2 aromatic rings. The van der Waals surface area contributed by atoms with Crippen LogP contribution < -0.4 is 10.6 Å². The highest BCUT2D eigenvalue weighted by Crippen LogP contribution is 2.48. The van der Waals surface area contributed by atoms with E-state index in [1.807, 2.05) is 19.1 Å². The van der Waals surface area contributed by atoms with Crippen LogP contribution in [0.5, 0.6) is 0 Å². The van der Waals surface area contributed by atoms with Crippen molar-refractivity contribution in [3.05, 3.63) is 59.8 Å². The Morgan fingerprint density at radius 3 is 2.65 bits per heavy atom. The number of benzene rings is 1. The van der Waals surface area contributed by atoms with Gasteiger partial charge in [-0.25, -0.2) is 9.38 Å². The van der Waals surface area contributed by atoms with E-state index in [-0.39, 0.29) is 17.8 Å². The van der Waals surface area contributed by atoms with Crippen molar-refractivity contribution in [1.29, 1.82) is 0 Å². The molecule has 26 heavy (non-hydrogen) atoms. The largest absolute Gasteiger partial charge is 0.466 e. The first-order valence-electron chi connectivity index (χ1n) is 9.00. The number of aliphatic imine (C=N–C) groups is 1. The molecule has 0 spiro atoms. The number of rotatable bonds is 7. The highest BCUT2D eigenvalue weighted by molar-refractivity contribution is 5.80. The van der Waals surface area contributed by atoms with Crippen LogP contribution in [-0.2, 0) is 11.0 Å². The normalized spacial score (nSPS) is 18.2. The lowest BCUT2D eigenvalue weighted by molar-refractivity contribution is 0.0437. The summed E-state index contributed by atoms with van der Waals surface area (Å²) in [5, 5.41) is 17.0. The van der Waals surface area contributed by atoms with Crippen molar-refractivity contribution in [2.75, 3.05) is 19.6 Å². The smallest absolute Gasteiger partial charge is 0.191 e. The molecule has 1 atom stereocenters. The lowest BCUT2D eigenvalue weighted by atomic mass is 9.95. The second-order valence-corrected chi connectivity index (χ2v) is 7.06. The predicted molar refractivity (Wildman–Crippen MR) is 99.6 cm³/mol. The van der Waals surface area contributed by atoms with E-state index in [1.54, 1.807) is 25.1 Å². The Morgan fingerprint density at radius 2 is 2.04 bits per heavy atom. The Morgan fingerprint density at radius 1 is 1.27 bits per heavy atom. The van der Waals surface area contributed by atoms with E-state index in [4.69, 9.17) is 4.42 Å². The van der Waals surface area contributed by atoms with Crippen molar-refractivity contribution in [2.24, 2.45) is 4.99 Å². The van der Waals surface area contributed by atoms with E-state index < -0.39 is 5.60 Å². The van der Waals surface area contributed by atoms with E-state index in [9.17, 15) is 9.50 Å². The number of nitrogens with zero attached hydrogens (tertiary/aromatic N) is 1. The molecule has 5 nitrogen and oxygen atoms in total. The molecule has 0 saturated heterocycles. The standard InChI is InChI=1S/C20H26FN3O2/c1-3-22-18(23-13-19(2,25)17-9-6-12-26-17)24-14-20(10-11-20)15-7-4-5-8-16(15)21/h4-9,12,25H,3,10-11,13-14H2,1-2H3,(H2,22,23,24). The third kappa shape index (κ3) is 4.07. The highest BCUT2D eigenvalue weighted by Gasteiger charge is 2.45. The average Bonchev–Trinajstić information content (AvgIpc) is 3.18. The third-order valence-corrected chi connectivity index (χ3v) is 4.83. The second kappa shape index (κ2) is 7.50. The zero-order valence-electron chi connectivity index (χ0n) is 15.3. The van der Waals surface area contributed by atoms with Crippen LogP contribution in [0.15, 0.2) is 52.1 Å². The second-order valence-electron chi connectivity index (χ2n) is 7.06. The Labute approximate surface area is 153 Å². The van der Waals surface area contributed by atoms with Crippen LogP contribution >= 0.6 is 0 Å². The zero-order chi connectivity index (χ0) is 18.6. The van der Waals surface area contributed by atoms with Gasteiger partial charge in [0.1, 0.15) is 17.2 Å². The summed E-state index contributed by atoms with van der Waals surface area (Å²) in [6, 6.07) is 10.4. The van der Waals surface area contributed by atoms with Crippen LogP contribution in [0.2, 0.25) is 0 Å². The van der Waals surface area contributed by atoms with Crippen LogP contribution in [0.4, 0.5) is 4.39 Å². The van der Waals surface area contributed by atoms with Crippen LogP contribution in [-0.4, -0.2) is 30.7 Å². The molecule has 140 valence electrons. The summed E-state index contributed by atoms with van der Waals surface area (Å²) in [5.74, 6) is 0.915. The third-order valence-electron chi connectivity index (χ3n) is 4.83. The van der Waals surface area contributed by atoms with Crippen molar-refractivity contribution in [3.63, 3.8) is 0 Å². The first kappa shape index (κ1) is 18.5. The van der Waals surface area contributed by atoms with E-state index >= 15 is 0 Å². The molecular weight excluding hydrogens is 333 g/mol. The maximum Gasteiger partial charge on any atom is 0.191 e. The SMILES string of the molecule is CCNC(=NCC(C)(O)c1ccco1)NCC1(c2ccccc2F)CC1. The molecule has 1 aromatic carbocycles. The monoisotopic (exact) mass is 359 g/mol. The molecule has 0 radical (unpaired) electrons. The summed E-state index contributed by atoms with van der Waals surface area (Å²) in [7, 11) is 0. The van der Waals surface area contributed by atoms with Crippen molar-refractivity contribution in [3.8, 4) is 0 Å². The summed E-state index contributed by atoms with van der Waals surface area (Å²) < 4.78 is 19.4. The Balaban J connectivity index is 1.66. The maximum atomic E-state index is 14.1. The minimum absolute atomic E-state index is 0.155. The molecular formula is C20H26FN3O2. The van der Waals surface area contributed by atoms with Crippen molar-refractivity contribution in [1.82, 2.24) is 10.6 Å². The molecule has 1 unspecified atom stereocenters. The molecule has 6 heteroatoms. The van der Waals surface area contributed by atoms with Gasteiger partial charge in [-0.05, 0) is 50.5 Å². The van der Waals surface area contributed by atoms with Gasteiger partial charge in [-0.1, -0.05) is 18.2 Å². The molecule has 3 N–H and O–H groups in total. The minimum atomic E-state index is -1.19. The molecule has 1 aliphatic rings. The lowest BCUT2D eigenvalue weighted by Gasteiger charge is -2.22. The fraction of sp³-hybridized carbons (Fsp3) is 0.450. The molecule has 0 bridgehead atoms. The summed E-state index contributed by atoms with van der Waals surface area (Å²) in [6.45, 7) is 5.10. The average molecular weight is 359 g/mol. The molecule has 0 amide bonds. The van der Waals surface area contributed by atoms with Gasteiger partial charge >= 0.3 is 0 Å². The fourth-order valence-electron chi connectivity index (χ4n) is 3.07. The van der Waals surface area contributed by atoms with Gasteiger partial charge in [-0.3, -0.25) is 0 Å². The summed E-state index contributed by atoms with van der Waals surface area (Å²) in [4.78, 5) is 4.48. The van der Waals surface area contributed by atoms with Crippen LogP contribution in [0.3, 0.4) is 0 Å². The lowest BCUT2D eigenvalue weighted by Crippen LogP contribution is -2.42. The van der Waals surface area contributed by atoms with E-state index in [0.717, 1.165) is 18.4 Å².